The lowest BCUT2D eigenvalue weighted by atomic mass is 9.97. The molecule has 0 radical (unpaired) electrons. The van der Waals surface area contributed by atoms with Gasteiger partial charge in [-0.15, -0.1) is 0 Å². The van der Waals surface area contributed by atoms with Crippen LogP contribution in [0.1, 0.15) is 23.5 Å². The van der Waals surface area contributed by atoms with Crippen molar-refractivity contribution in [1.82, 2.24) is 0 Å². The molecular formula is C26H26N2O4. The molecule has 0 heterocycles. The molecule has 32 heavy (non-hydrogen) atoms. The standard InChI is InChI=1S/C26H26N2O4/c1-4-6-20(5-2)25(28)18-32-23-11-7-19(8-12-23)17-31-24-13-9-21(10-14-24)22(16-27)15-26(29)30-3/h4-14,22,28H,1-2,15,17-18H2,3H3/b20-6+,28-25?. The molecule has 2 rings (SSSR count). The number of hydrogen-bond acceptors (Lipinski definition) is 6. The zero-order valence-corrected chi connectivity index (χ0v) is 18.0. The summed E-state index contributed by atoms with van der Waals surface area (Å²) in [4.78, 5) is 11.4. The summed E-state index contributed by atoms with van der Waals surface area (Å²) < 4.78 is 16.1. The maximum absolute atomic E-state index is 11.4. The van der Waals surface area contributed by atoms with Crippen LogP contribution in [0.5, 0.6) is 11.5 Å². The van der Waals surface area contributed by atoms with Gasteiger partial charge in [0.1, 0.15) is 24.7 Å². The van der Waals surface area contributed by atoms with E-state index in [1.165, 1.54) is 7.11 Å². The van der Waals surface area contributed by atoms with Gasteiger partial charge in [0.2, 0.25) is 0 Å². The molecule has 1 unspecified atom stereocenters. The monoisotopic (exact) mass is 430 g/mol. The van der Waals surface area contributed by atoms with E-state index in [0.29, 0.717) is 29.4 Å². The van der Waals surface area contributed by atoms with Gasteiger partial charge in [-0.05, 0) is 41.0 Å². The van der Waals surface area contributed by atoms with E-state index < -0.39 is 11.9 Å². The minimum atomic E-state index is -0.555. The quantitative estimate of drug-likeness (QED) is 0.286. The molecule has 0 saturated carbocycles. The van der Waals surface area contributed by atoms with Gasteiger partial charge in [0, 0.05) is 0 Å². The van der Waals surface area contributed by atoms with Gasteiger partial charge in [-0.1, -0.05) is 55.7 Å². The first kappa shape index (κ1) is 24.2. The average molecular weight is 431 g/mol. The second kappa shape index (κ2) is 12.6. The van der Waals surface area contributed by atoms with Crippen LogP contribution in [0.3, 0.4) is 0 Å². The first-order valence-electron chi connectivity index (χ1n) is 9.94. The fourth-order valence-electron chi connectivity index (χ4n) is 2.79. The maximum Gasteiger partial charge on any atom is 0.307 e. The van der Waals surface area contributed by atoms with Crippen LogP contribution in [-0.2, 0) is 16.1 Å². The summed E-state index contributed by atoms with van der Waals surface area (Å²) in [5, 5.41) is 17.3. The Hall–Kier alpha value is -4.11. The molecule has 0 fully saturated rings. The van der Waals surface area contributed by atoms with Gasteiger partial charge in [-0.3, -0.25) is 4.79 Å². The van der Waals surface area contributed by atoms with E-state index in [-0.39, 0.29) is 13.0 Å². The molecule has 164 valence electrons. The molecule has 6 nitrogen and oxygen atoms in total. The van der Waals surface area contributed by atoms with Crippen molar-refractivity contribution in [3.8, 4) is 17.6 Å². The third kappa shape index (κ3) is 7.29. The molecule has 1 N–H and O–H groups in total. The molecule has 2 aromatic carbocycles. The van der Waals surface area contributed by atoms with Gasteiger partial charge in [0.25, 0.3) is 0 Å². The molecule has 1 atom stereocenters. The van der Waals surface area contributed by atoms with Crippen molar-refractivity contribution in [2.75, 3.05) is 13.7 Å². The lowest BCUT2D eigenvalue weighted by Crippen LogP contribution is -2.11. The minimum absolute atomic E-state index is 0.0144. The zero-order valence-electron chi connectivity index (χ0n) is 18.0. The predicted octanol–water partition coefficient (Wildman–Crippen LogP) is 5.13. The lowest BCUT2D eigenvalue weighted by Gasteiger charge is -2.11. The summed E-state index contributed by atoms with van der Waals surface area (Å²) in [6.07, 6.45) is 4.93. The number of carbonyl (C=O) groups excluding carboxylic acids is 1. The van der Waals surface area contributed by atoms with Crippen molar-refractivity contribution in [3.63, 3.8) is 0 Å². The lowest BCUT2D eigenvalue weighted by molar-refractivity contribution is -0.140. The van der Waals surface area contributed by atoms with Gasteiger partial charge in [0.15, 0.2) is 0 Å². The number of methoxy groups -OCH3 is 1. The SMILES string of the molecule is C=C/C=C(\C=C)C(=N)COc1ccc(COc2ccc(C(C#N)CC(=O)OC)cc2)cc1. The minimum Gasteiger partial charge on any atom is -0.489 e. The van der Waals surface area contributed by atoms with Crippen molar-refractivity contribution in [2.24, 2.45) is 0 Å². The first-order valence-corrected chi connectivity index (χ1v) is 9.94. The van der Waals surface area contributed by atoms with Crippen LogP contribution >= 0.6 is 0 Å². The highest BCUT2D eigenvalue weighted by Gasteiger charge is 2.16. The first-order chi connectivity index (χ1) is 15.5. The molecule has 0 bridgehead atoms. The van der Waals surface area contributed by atoms with Crippen LogP contribution in [0, 0.1) is 16.7 Å². The van der Waals surface area contributed by atoms with Crippen LogP contribution in [0.15, 0.2) is 85.5 Å². The predicted molar refractivity (Wildman–Crippen MR) is 124 cm³/mol. The van der Waals surface area contributed by atoms with Gasteiger partial charge in [0.05, 0.1) is 31.2 Å². The second-order valence-corrected chi connectivity index (χ2v) is 6.79. The Morgan fingerprint density at radius 3 is 2.28 bits per heavy atom. The van der Waals surface area contributed by atoms with Gasteiger partial charge < -0.3 is 19.6 Å². The molecule has 0 aliphatic carbocycles. The van der Waals surface area contributed by atoms with Crippen LogP contribution < -0.4 is 9.47 Å². The summed E-state index contributed by atoms with van der Waals surface area (Å²) in [7, 11) is 1.30. The van der Waals surface area contributed by atoms with E-state index in [9.17, 15) is 10.1 Å². The van der Waals surface area contributed by atoms with Crippen molar-refractivity contribution in [1.29, 1.82) is 10.7 Å². The highest BCUT2D eigenvalue weighted by Crippen LogP contribution is 2.23. The fraction of sp³-hybridized carbons (Fsp3) is 0.192. The molecule has 0 saturated heterocycles. The topological polar surface area (TPSA) is 92.4 Å². The number of ether oxygens (including phenoxy) is 3. The van der Waals surface area contributed by atoms with Crippen molar-refractivity contribution >= 4 is 11.7 Å². The summed E-state index contributed by atoms with van der Waals surface area (Å²) in [5.74, 6) is 0.331. The zero-order chi connectivity index (χ0) is 23.3. The smallest absolute Gasteiger partial charge is 0.307 e. The molecule has 0 aromatic heterocycles. The van der Waals surface area contributed by atoms with Crippen LogP contribution in [0.2, 0.25) is 0 Å². The molecule has 6 heteroatoms. The summed E-state index contributed by atoms with van der Waals surface area (Å²) in [5.41, 5.74) is 2.68. The number of esters is 1. The Labute approximate surface area is 188 Å². The number of nitriles is 1. The van der Waals surface area contributed by atoms with E-state index in [0.717, 1.165) is 11.1 Å². The Bertz CT molecular complexity index is 1020. The van der Waals surface area contributed by atoms with Crippen molar-refractivity contribution < 1.29 is 19.0 Å². The van der Waals surface area contributed by atoms with Crippen LogP contribution in [0.25, 0.3) is 0 Å². The Kier molecular flexibility index (Phi) is 9.48. The van der Waals surface area contributed by atoms with E-state index in [1.54, 1.807) is 42.5 Å². The number of nitrogens with zero attached hydrogens (tertiary/aromatic N) is 1. The number of carbonyl (C=O) groups is 1. The summed E-state index contributed by atoms with van der Waals surface area (Å²) >= 11 is 0. The molecule has 0 spiro atoms. The van der Waals surface area contributed by atoms with E-state index in [4.69, 9.17) is 14.9 Å². The maximum atomic E-state index is 11.4. The van der Waals surface area contributed by atoms with E-state index >= 15 is 0 Å². The van der Waals surface area contributed by atoms with Crippen LogP contribution in [-0.4, -0.2) is 25.4 Å². The Morgan fingerprint density at radius 1 is 1.09 bits per heavy atom. The third-order valence-electron chi connectivity index (χ3n) is 4.61. The van der Waals surface area contributed by atoms with Gasteiger partial charge >= 0.3 is 5.97 Å². The number of benzene rings is 2. The summed E-state index contributed by atoms with van der Waals surface area (Å²) in [6.45, 7) is 7.81. The normalized spacial score (nSPS) is 11.6. The molecular weight excluding hydrogens is 404 g/mol. The van der Waals surface area contributed by atoms with Crippen LogP contribution in [0.4, 0.5) is 0 Å². The van der Waals surface area contributed by atoms with Gasteiger partial charge in [-0.2, -0.15) is 5.26 Å². The average Bonchev–Trinajstić information content (AvgIpc) is 2.83. The fourth-order valence-corrected chi connectivity index (χ4v) is 2.79. The number of allylic oxidation sites excluding steroid dienone is 3. The highest BCUT2D eigenvalue weighted by molar-refractivity contribution is 6.01. The van der Waals surface area contributed by atoms with E-state index in [2.05, 4.69) is 24.0 Å². The Morgan fingerprint density at radius 2 is 1.72 bits per heavy atom. The Balaban J connectivity index is 1.88. The molecule has 0 aliphatic heterocycles. The second-order valence-electron chi connectivity index (χ2n) is 6.79. The van der Waals surface area contributed by atoms with Crippen molar-refractivity contribution in [2.45, 2.75) is 18.9 Å². The molecule has 0 aliphatic rings. The highest BCUT2D eigenvalue weighted by atomic mass is 16.5. The number of hydrogen-bond donors (Lipinski definition) is 1. The third-order valence-corrected chi connectivity index (χ3v) is 4.61. The number of nitrogens with one attached hydrogen (secondary N) is 1. The largest absolute Gasteiger partial charge is 0.489 e. The van der Waals surface area contributed by atoms with Crippen molar-refractivity contribution in [3.05, 3.63) is 96.6 Å². The van der Waals surface area contributed by atoms with Gasteiger partial charge in [-0.25, -0.2) is 0 Å². The molecule has 2 aromatic rings. The van der Waals surface area contributed by atoms with E-state index in [1.807, 2.05) is 24.3 Å². The molecule has 0 amide bonds. The number of rotatable bonds is 12. The summed E-state index contributed by atoms with van der Waals surface area (Å²) in [6, 6.07) is 16.6.